The normalized spacial score (nSPS) is 22.4. The van der Waals surface area contributed by atoms with Crippen LogP contribution >= 0.6 is 11.6 Å². The number of hydrogen-bond donors (Lipinski definition) is 1. The van der Waals surface area contributed by atoms with Crippen LogP contribution in [0.3, 0.4) is 0 Å². The molecule has 94 valence electrons. The van der Waals surface area contributed by atoms with E-state index in [-0.39, 0.29) is 12.1 Å². The van der Waals surface area contributed by atoms with Gasteiger partial charge in [-0.1, -0.05) is 31.0 Å². The quantitative estimate of drug-likeness (QED) is 0.837. The van der Waals surface area contributed by atoms with Crippen molar-refractivity contribution in [3.63, 3.8) is 0 Å². The van der Waals surface area contributed by atoms with E-state index in [2.05, 4.69) is 18.5 Å². The highest BCUT2D eigenvalue weighted by Gasteiger charge is 2.35. The smallest absolute Gasteiger partial charge is 0.143 e. The van der Waals surface area contributed by atoms with E-state index in [1.807, 2.05) is 13.0 Å². The minimum atomic E-state index is 0.0624. The van der Waals surface area contributed by atoms with E-state index in [9.17, 15) is 0 Å². The third kappa shape index (κ3) is 2.41. The average molecular weight is 256 g/mol. The molecule has 0 bridgehead atoms. The van der Waals surface area contributed by atoms with Crippen LogP contribution in [0, 0.1) is 6.92 Å². The number of fused-ring (bicyclic) bond motifs is 1. The molecule has 0 saturated heterocycles. The summed E-state index contributed by atoms with van der Waals surface area (Å²) in [5.41, 5.74) is 5.24. The van der Waals surface area contributed by atoms with Gasteiger partial charge in [0.1, 0.15) is 11.9 Å². The summed E-state index contributed by atoms with van der Waals surface area (Å²) in [6.07, 6.45) is 2.14. The zero-order valence-corrected chi connectivity index (χ0v) is 11.2. The summed E-state index contributed by atoms with van der Waals surface area (Å²) in [6, 6.07) is 4.10. The Morgan fingerprint density at radius 3 is 2.88 bits per heavy atom. The van der Waals surface area contributed by atoms with Crippen molar-refractivity contribution in [3.8, 4) is 5.75 Å². The number of halogens is 1. The van der Waals surface area contributed by atoms with Crippen LogP contribution in [-0.4, -0.2) is 13.2 Å². The lowest BCUT2D eigenvalue weighted by molar-refractivity contribution is 0.0269. The van der Waals surface area contributed by atoms with Gasteiger partial charge in [0.15, 0.2) is 0 Å². The first kappa shape index (κ1) is 12.7. The Labute approximate surface area is 107 Å². The van der Waals surface area contributed by atoms with Crippen LogP contribution in [0.25, 0.3) is 0 Å². The van der Waals surface area contributed by atoms with Crippen molar-refractivity contribution in [2.24, 2.45) is 0 Å². The molecule has 2 rings (SSSR count). The van der Waals surface area contributed by atoms with E-state index in [0.717, 1.165) is 29.7 Å². The molecule has 0 aromatic heterocycles. The van der Waals surface area contributed by atoms with Gasteiger partial charge >= 0.3 is 0 Å². The molecule has 4 heteroatoms. The minimum Gasteiger partial charge on any atom is -0.486 e. The molecule has 1 aromatic rings. The minimum absolute atomic E-state index is 0.0624. The molecule has 3 nitrogen and oxygen atoms in total. The standard InChI is InChI=1S/C13H18ClNO2/c1-4-5-11-12(15-16-3)9-6-8(2)7-10(14)13(9)17-11/h6-7,11-12,15H,4-5H2,1-3H3. The molecular weight excluding hydrogens is 238 g/mol. The van der Waals surface area contributed by atoms with Gasteiger partial charge in [-0.3, -0.25) is 0 Å². The first-order valence-electron chi connectivity index (χ1n) is 5.92. The van der Waals surface area contributed by atoms with E-state index < -0.39 is 0 Å². The number of hydroxylamine groups is 1. The van der Waals surface area contributed by atoms with Crippen molar-refractivity contribution in [2.75, 3.05) is 7.11 Å². The maximum atomic E-state index is 6.21. The molecule has 0 fully saturated rings. The van der Waals surface area contributed by atoms with Gasteiger partial charge in [-0.2, -0.15) is 5.48 Å². The second kappa shape index (κ2) is 5.25. The lowest BCUT2D eigenvalue weighted by atomic mass is 10.00. The molecule has 0 aliphatic carbocycles. The van der Waals surface area contributed by atoms with Gasteiger partial charge in [-0.15, -0.1) is 0 Å². The Kier molecular flexibility index (Phi) is 3.92. The predicted molar refractivity (Wildman–Crippen MR) is 68.4 cm³/mol. The summed E-state index contributed by atoms with van der Waals surface area (Å²) in [6.45, 7) is 4.17. The van der Waals surface area contributed by atoms with Crippen molar-refractivity contribution < 1.29 is 9.57 Å². The number of aryl methyl sites for hydroxylation is 1. The molecule has 0 radical (unpaired) electrons. The Morgan fingerprint density at radius 1 is 1.47 bits per heavy atom. The molecule has 17 heavy (non-hydrogen) atoms. The molecule has 0 amide bonds. The van der Waals surface area contributed by atoms with E-state index in [4.69, 9.17) is 21.2 Å². The van der Waals surface area contributed by atoms with Gasteiger partial charge in [-0.25, -0.2) is 0 Å². The van der Waals surface area contributed by atoms with E-state index in [0.29, 0.717) is 5.02 Å². The molecule has 1 aliphatic heterocycles. The van der Waals surface area contributed by atoms with Crippen LogP contribution in [0.1, 0.15) is 36.9 Å². The fraction of sp³-hybridized carbons (Fsp3) is 0.538. The first-order chi connectivity index (χ1) is 8.17. The summed E-state index contributed by atoms with van der Waals surface area (Å²) in [7, 11) is 1.62. The fourth-order valence-corrected chi connectivity index (χ4v) is 2.63. The van der Waals surface area contributed by atoms with Crippen LogP contribution < -0.4 is 10.2 Å². The Morgan fingerprint density at radius 2 is 2.24 bits per heavy atom. The monoisotopic (exact) mass is 255 g/mol. The lowest BCUT2D eigenvalue weighted by Crippen LogP contribution is -2.30. The highest BCUT2D eigenvalue weighted by atomic mass is 35.5. The van der Waals surface area contributed by atoms with Crippen LogP contribution in [0.15, 0.2) is 12.1 Å². The van der Waals surface area contributed by atoms with Crippen LogP contribution in [0.4, 0.5) is 0 Å². The van der Waals surface area contributed by atoms with E-state index >= 15 is 0 Å². The molecule has 2 unspecified atom stereocenters. The molecule has 1 N–H and O–H groups in total. The van der Waals surface area contributed by atoms with Crippen molar-refractivity contribution >= 4 is 11.6 Å². The van der Waals surface area contributed by atoms with Gasteiger partial charge in [0.25, 0.3) is 0 Å². The van der Waals surface area contributed by atoms with Gasteiger partial charge in [-0.05, 0) is 25.0 Å². The zero-order chi connectivity index (χ0) is 12.4. The highest BCUT2D eigenvalue weighted by Crippen LogP contribution is 2.43. The average Bonchev–Trinajstić information content (AvgIpc) is 2.59. The second-order valence-corrected chi connectivity index (χ2v) is 4.82. The number of ether oxygens (including phenoxy) is 1. The maximum absolute atomic E-state index is 6.21. The van der Waals surface area contributed by atoms with Crippen molar-refractivity contribution in [3.05, 3.63) is 28.3 Å². The summed E-state index contributed by atoms with van der Waals surface area (Å²) < 4.78 is 5.92. The third-order valence-corrected chi connectivity index (χ3v) is 3.29. The van der Waals surface area contributed by atoms with Gasteiger partial charge in [0.2, 0.25) is 0 Å². The fourth-order valence-electron chi connectivity index (χ4n) is 2.31. The van der Waals surface area contributed by atoms with Crippen molar-refractivity contribution in [1.82, 2.24) is 5.48 Å². The molecule has 0 saturated carbocycles. The Hall–Kier alpha value is -0.770. The van der Waals surface area contributed by atoms with E-state index in [1.165, 1.54) is 0 Å². The van der Waals surface area contributed by atoms with Gasteiger partial charge in [0, 0.05) is 5.56 Å². The first-order valence-corrected chi connectivity index (χ1v) is 6.30. The highest BCUT2D eigenvalue weighted by molar-refractivity contribution is 6.32. The molecule has 1 heterocycles. The zero-order valence-electron chi connectivity index (χ0n) is 10.4. The second-order valence-electron chi connectivity index (χ2n) is 4.41. The Balaban J connectivity index is 2.35. The molecular formula is C13H18ClNO2. The summed E-state index contributed by atoms with van der Waals surface area (Å²) in [5, 5.41) is 0.682. The number of benzene rings is 1. The van der Waals surface area contributed by atoms with Crippen LogP contribution in [0.5, 0.6) is 5.75 Å². The summed E-state index contributed by atoms with van der Waals surface area (Å²) in [4.78, 5) is 5.07. The van der Waals surface area contributed by atoms with E-state index in [1.54, 1.807) is 7.11 Å². The predicted octanol–water partition coefficient (Wildman–Crippen LogP) is 3.40. The topological polar surface area (TPSA) is 30.5 Å². The van der Waals surface area contributed by atoms with Gasteiger partial charge < -0.3 is 9.57 Å². The SMILES string of the molecule is CCCC1Oc2c(Cl)cc(C)cc2C1NOC. The molecule has 1 aromatic carbocycles. The number of nitrogens with one attached hydrogen (secondary N) is 1. The molecule has 1 aliphatic rings. The Bertz CT molecular complexity index is 409. The number of rotatable bonds is 4. The summed E-state index contributed by atoms with van der Waals surface area (Å²) in [5.74, 6) is 0.797. The van der Waals surface area contributed by atoms with Crippen LogP contribution in [-0.2, 0) is 4.84 Å². The maximum Gasteiger partial charge on any atom is 0.143 e. The molecule has 0 spiro atoms. The van der Waals surface area contributed by atoms with Gasteiger partial charge in [0.05, 0.1) is 18.2 Å². The summed E-state index contributed by atoms with van der Waals surface area (Å²) >= 11 is 6.21. The van der Waals surface area contributed by atoms with Crippen molar-refractivity contribution in [1.29, 1.82) is 0 Å². The third-order valence-electron chi connectivity index (χ3n) is 3.01. The largest absolute Gasteiger partial charge is 0.486 e. The number of hydrogen-bond acceptors (Lipinski definition) is 3. The van der Waals surface area contributed by atoms with Crippen molar-refractivity contribution in [2.45, 2.75) is 38.8 Å². The van der Waals surface area contributed by atoms with Crippen LogP contribution in [0.2, 0.25) is 5.02 Å². The lowest BCUT2D eigenvalue weighted by Gasteiger charge is -2.18. The molecule has 2 atom stereocenters.